The Kier molecular flexibility index (Phi) is 5.57. The molecule has 27 heavy (non-hydrogen) atoms. The zero-order chi connectivity index (χ0) is 19.4. The van der Waals surface area contributed by atoms with Crippen molar-refractivity contribution < 1.29 is 13.2 Å². The molecule has 0 amide bonds. The molecule has 0 aliphatic carbocycles. The van der Waals surface area contributed by atoms with E-state index in [-0.39, 0.29) is 4.90 Å². The number of ether oxygens (including phenoxy) is 1. The summed E-state index contributed by atoms with van der Waals surface area (Å²) >= 11 is 0. The lowest BCUT2D eigenvalue weighted by molar-refractivity contribution is 0.354. The minimum atomic E-state index is -3.70. The molecule has 8 heteroatoms. The first kappa shape index (κ1) is 19.1. The van der Waals surface area contributed by atoms with Crippen molar-refractivity contribution in [1.82, 2.24) is 19.5 Å². The van der Waals surface area contributed by atoms with Crippen molar-refractivity contribution >= 4 is 10.0 Å². The van der Waals surface area contributed by atoms with Crippen molar-refractivity contribution in [3.63, 3.8) is 0 Å². The highest BCUT2D eigenvalue weighted by Crippen LogP contribution is 2.23. The fourth-order valence-corrected chi connectivity index (χ4v) is 4.08. The highest BCUT2D eigenvalue weighted by molar-refractivity contribution is 7.89. The molecule has 0 unspecified atom stereocenters. The molecule has 1 aromatic heterocycles. The Labute approximate surface area is 159 Å². The van der Waals surface area contributed by atoms with Gasteiger partial charge < -0.3 is 4.74 Å². The Hall–Kier alpha value is -2.71. The third kappa shape index (κ3) is 4.01. The van der Waals surface area contributed by atoms with Gasteiger partial charge in [0.1, 0.15) is 0 Å². The summed E-state index contributed by atoms with van der Waals surface area (Å²) in [6, 6.07) is 16.4. The van der Waals surface area contributed by atoms with Crippen LogP contribution >= 0.6 is 0 Å². The van der Waals surface area contributed by atoms with E-state index >= 15 is 0 Å². The van der Waals surface area contributed by atoms with Crippen molar-refractivity contribution in [2.75, 3.05) is 7.11 Å². The number of nitrogens with zero attached hydrogens (tertiary/aromatic N) is 3. The maximum Gasteiger partial charge on any atom is 0.316 e. The summed E-state index contributed by atoms with van der Waals surface area (Å²) in [5, 5.41) is 7.98. The Morgan fingerprint density at radius 1 is 1.04 bits per heavy atom. The molecule has 0 saturated heterocycles. The second-order valence-electron chi connectivity index (χ2n) is 6.02. The third-order valence-electron chi connectivity index (χ3n) is 4.24. The second kappa shape index (κ2) is 7.89. The number of methoxy groups -OCH3 is 1. The first-order chi connectivity index (χ1) is 13.0. The standard InChI is InChI=1S/C19H22N4O3S/c1-4-23-18(20-21-19(23)26-3)14(2)22-27(24,25)17-12-10-16(11-13-17)15-8-6-5-7-9-15/h5-14,22H,4H2,1-3H3/t14-/m1/s1. The molecule has 3 rings (SSSR count). The summed E-state index contributed by atoms with van der Waals surface area (Å²) in [5.74, 6) is 0.499. The van der Waals surface area contributed by atoms with Crippen LogP contribution in [0.2, 0.25) is 0 Å². The molecular weight excluding hydrogens is 364 g/mol. The maximum atomic E-state index is 12.7. The molecule has 7 nitrogen and oxygen atoms in total. The van der Waals surface area contributed by atoms with Crippen molar-refractivity contribution in [2.24, 2.45) is 0 Å². The van der Waals surface area contributed by atoms with Crippen LogP contribution in [-0.4, -0.2) is 30.3 Å². The Morgan fingerprint density at radius 2 is 1.67 bits per heavy atom. The van der Waals surface area contributed by atoms with Crippen LogP contribution < -0.4 is 9.46 Å². The van der Waals surface area contributed by atoms with Crippen LogP contribution in [0.4, 0.5) is 0 Å². The van der Waals surface area contributed by atoms with Crippen LogP contribution in [0.5, 0.6) is 6.01 Å². The fraction of sp³-hybridized carbons (Fsp3) is 0.263. The lowest BCUT2D eigenvalue weighted by Crippen LogP contribution is -2.29. The fourth-order valence-electron chi connectivity index (χ4n) is 2.88. The molecule has 2 aromatic carbocycles. The molecule has 0 aliphatic heterocycles. The van der Waals surface area contributed by atoms with E-state index in [0.717, 1.165) is 11.1 Å². The Bertz CT molecular complexity index is 999. The van der Waals surface area contributed by atoms with Crippen LogP contribution in [0.1, 0.15) is 25.7 Å². The second-order valence-corrected chi connectivity index (χ2v) is 7.74. The highest BCUT2D eigenvalue weighted by Gasteiger charge is 2.23. The average Bonchev–Trinajstić information content (AvgIpc) is 3.12. The average molecular weight is 386 g/mol. The van der Waals surface area contributed by atoms with Gasteiger partial charge in [-0.1, -0.05) is 47.6 Å². The molecule has 1 N–H and O–H groups in total. The van der Waals surface area contributed by atoms with Gasteiger partial charge in [-0.2, -0.15) is 0 Å². The van der Waals surface area contributed by atoms with E-state index in [4.69, 9.17) is 4.74 Å². The van der Waals surface area contributed by atoms with E-state index in [1.54, 1.807) is 35.8 Å². The van der Waals surface area contributed by atoms with Gasteiger partial charge in [0, 0.05) is 6.54 Å². The molecule has 0 aliphatic rings. The summed E-state index contributed by atoms with van der Waals surface area (Å²) in [7, 11) is -2.20. The summed E-state index contributed by atoms with van der Waals surface area (Å²) in [6.45, 7) is 4.22. The molecule has 142 valence electrons. The van der Waals surface area contributed by atoms with Gasteiger partial charge in [0.15, 0.2) is 5.82 Å². The topological polar surface area (TPSA) is 86.1 Å². The van der Waals surface area contributed by atoms with Gasteiger partial charge in [-0.15, -0.1) is 5.10 Å². The number of benzene rings is 2. The zero-order valence-corrected chi connectivity index (χ0v) is 16.3. The molecule has 0 spiro atoms. The Morgan fingerprint density at radius 3 is 2.26 bits per heavy atom. The van der Waals surface area contributed by atoms with Gasteiger partial charge in [-0.25, -0.2) is 13.1 Å². The van der Waals surface area contributed by atoms with Gasteiger partial charge in [0.25, 0.3) is 0 Å². The SMILES string of the molecule is CCn1c(OC)nnc1[C@@H](C)NS(=O)(=O)c1ccc(-c2ccccc2)cc1. The van der Waals surface area contributed by atoms with E-state index in [1.807, 2.05) is 37.3 Å². The van der Waals surface area contributed by atoms with Gasteiger partial charge in [0.05, 0.1) is 18.0 Å². The summed E-state index contributed by atoms with van der Waals surface area (Å²) in [5.41, 5.74) is 1.99. The first-order valence-electron chi connectivity index (χ1n) is 8.61. The number of rotatable bonds is 7. The van der Waals surface area contributed by atoms with Gasteiger partial charge in [-0.05, 0) is 37.1 Å². The molecule has 1 heterocycles. The van der Waals surface area contributed by atoms with Gasteiger partial charge in [-0.3, -0.25) is 4.57 Å². The lowest BCUT2D eigenvalue weighted by Gasteiger charge is -2.15. The largest absolute Gasteiger partial charge is 0.467 e. The molecule has 0 bridgehead atoms. The number of aromatic nitrogens is 3. The van der Waals surface area contributed by atoms with Crippen molar-refractivity contribution in [2.45, 2.75) is 31.3 Å². The minimum absolute atomic E-state index is 0.198. The summed E-state index contributed by atoms with van der Waals surface area (Å²) in [6.07, 6.45) is 0. The van der Waals surface area contributed by atoms with Crippen molar-refractivity contribution in [3.05, 3.63) is 60.4 Å². The van der Waals surface area contributed by atoms with Crippen LogP contribution in [0, 0.1) is 0 Å². The van der Waals surface area contributed by atoms with Crippen LogP contribution in [-0.2, 0) is 16.6 Å². The van der Waals surface area contributed by atoms with Crippen LogP contribution in [0.15, 0.2) is 59.5 Å². The molecule has 0 fully saturated rings. The predicted molar refractivity (Wildman–Crippen MR) is 103 cm³/mol. The predicted octanol–water partition coefficient (Wildman–Crippen LogP) is 3.01. The highest BCUT2D eigenvalue weighted by atomic mass is 32.2. The van der Waals surface area contributed by atoms with E-state index in [9.17, 15) is 8.42 Å². The van der Waals surface area contributed by atoms with E-state index in [2.05, 4.69) is 14.9 Å². The number of nitrogens with one attached hydrogen (secondary N) is 1. The number of hydrogen-bond acceptors (Lipinski definition) is 5. The molecule has 0 saturated carbocycles. The van der Waals surface area contributed by atoms with Gasteiger partial charge in [0.2, 0.25) is 10.0 Å². The third-order valence-corrected chi connectivity index (χ3v) is 5.79. The number of sulfonamides is 1. The van der Waals surface area contributed by atoms with Crippen LogP contribution in [0.3, 0.4) is 0 Å². The molecule has 0 radical (unpaired) electrons. The summed E-state index contributed by atoms with van der Waals surface area (Å²) < 4.78 is 35.0. The van der Waals surface area contributed by atoms with Crippen LogP contribution in [0.25, 0.3) is 11.1 Å². The van der Waals surface area contributed by atoms with E-state index in [0.29, 0.717) is 18.4 Å². The monoisotopic (exact) mass is 386 g/mol. The zero-order valence-electron chi connectivity index (χ0n) is 15.5. The summed E-state index contributed by atoms with van der Waals surface area (Å²) in [4.78, 5) is 0.198. The number of hydrogen-bond donors (Lipinski definition) is 1. The Balaban J connectivity index is 1.81. The lowest BCUT2D eigenvalue weighted by atomic mass is 10.1. The molecular formula is C19H22N4O3S. The normalized spacial score (nSPS) is 12.7. The minimum Gasteiger partial charge on any atom is -0.467 e. The molecule has 1 atom stereocenters. The van der Waals surface area contributed by atoms with Crippen molar-refractivity contribution in [3.8, 4) is 17.1 Å². The van der Waals surface area contributed by atoms with E-state index < -0.39 is 16.1 Å². The smallest absolute Gasteiger partial charge is 0.316 e. The molecule has 3 aromatic rings. The maximum absolute atomic E-state index is 12.7. The first-order valence-corrected chi connectivity index (χ1v) is 10.1. The van der Waals surface area contributed by atoms with E-state index in [1.165, 1.54) is 7.11 Å². The van der Waals surface area contributed by atoms with Crippen molar-refractivity contribution in [1.29, 1.82) is 0 Å². The van der Waals surface area contributed by atoms with Gasteiger partial charge >= 0.3 is 6.01 Å². The quantitative estimate of drug-likeness (QED) is 0.675.